The fraction of sp³-hybridized carbons (Fsp3) is 0.400. The van der Waals surface area contributed by atoms with Gasteiger partial charge in [0, 0.05) is 25.3 Å². The number of aliphatic hydroxyl groups excluding tert-OH is 1. The van der Waals surface area contributed by atoms with Gasteiger partial charge in [-0.2, -0.15) is 0 Å². The van der Waals surface area contributed by atoms with Crippen LogP contribution in [0, 0.1) is 0 Å². The zero-order valence-electron chi connectivity index (χ0n) is 7.78. The van der Waals surface area contributed by atoms with Crippen molar-refractivity contribution in [3.63, 3.8) is 0 Å². The van der Waals surface area contributed by atoms with Gasteiger partial charge in [-0.05, 0) is 13.0 Å². The van der Waals surface area contributed by atoms with Crippen LogP contribution in [0.4, 0.5) is 5.69 Å². The summed E-state index contributed by atoms with van der Waals surface area (Å²) < 4.78 is 0. The quantitative estimate of drug-likeness (QED) is 0.722. The SMILES string of the molecule is C[C@@H](O)c1ccccc1N(C)C. The van der Waals surface area contributed by atoms with Crippen molar-refractivity contribution in [2.75, 3.05) is 19.0 Å². The first-order chi connectivity index (χ1) is 5.63. The van der Waals surface area contributed by atoms with E-state index in [2.05, 4.69) is 0 Å². The minimum absolute atomic E-state index is 0.399. The van der Waals surface area contributed by atoms with Gasteiger partial charge in [0.05, 0.1) is 6.10 Å². The molecular weight excluding hydrogens is 150 g/mol. The summed E-state index contributed by atoms with van der Waals surface area (Å²) in [6, 6.07) is 7.86. The van der Waals surface area contributed by atoms with Crippen molar-refractivity contribution < 1.29 is 5.11 Å². The monoisotopic (exact) mass is 165 g/mol. The van der Waals surface area contributed by atoms with E-state index in [9.17, 15) is 5.11 Å². The molecule has 0 spiro atoms. The van der Waals surface area contributed by atoms with Gasteiger partial charge >= 0.3 is 0 Å². The Balaban J connectivity index is 3.09. The van der Waals surface area contributed by atoms with Gasteiger partial charge in [0.1, 0.15) is 0 Å². The molecule has 2 nitrogen and oxygen atoms in total. The number of nitrogens with zero attached hydrogens (tertiary/aromatic N) is 1. The predicted molar refractivity (Wildman–Crippen MR) is 51.4 cm³/mol. The normalized spacial score (nSPS) is 12.7. The molecule has 0 aliphatic carbocycles. The molecule has 0 aliphatic heterocycles. The van der Waals surface area contributed by atoms with E-state index in [1.54, 1.807) is 6.92 Å². The zero-order chi connectivity index (χ0) is 9.14. The van der Waals surface area contributed by atoms with E-state index in [-0.39, 0.29) is 0 Å². The lowest BCUT2D eigenvalue weighted by molar-refractivity contribution is 0.199. The molecule has 1 rings (SSSR count). The standard InChI is InChI=1S/C10H15NO/c1-8(12)9-6-4-5-7-10(9)11(2)3/h4-8,12H,1-3H3/t8-/m1/s1. The summed E-state index contributed by atoms with van der Waals surface area (Å²) in [5, 5.41) is 9.43. The summed E-state index contributed by atoms with van der Waals surface area (Å²) in [5.74, 6) is 0. The highest BCUT2D eigenvalue weighted by Gasteiger charge is 2.07. The third-order valence-corrected chi connectivity index (χ3v) is 1.87. The second kappa shape index (κ2) is 3.59. The second-order valence-corrected chi connectivity index (χ2v) is 3.13. The van der Waals surface area contributed by atoms with Crippen LogP contribution in [0.5, 0.6) is 0 Å². The van der Waals surface area contributed by atoms with Crippen LogP contribution >= 0.6 is 0 Å². The summed E-state index contributed by atoms with van der Waals surface area (Å²) >= 11 is 0. The predicted octanol–water partition coefficient (Wildman–Crippen LogP) is 1.81. The number of para-hydroxylation sites is 1. The van der Waals surface area contributed by atoms with Crippen molar-refractivity contribution in [2.24, 2.45) is 0 Å². The van der Waals surface area contributed by atoms with Gasteiger partial charge in [-0.3, -0.25) is 0 Å². The largest absolute Gasteiger partial charge is 0.389 e. The van der Waals surface area contributed by atoms with Crippen LogP contribution in [-0.4, -0.2) is 19.2 Å². The fourth-order valence-corrected chi connectivity index (χ4v) is 1.25. The molecule has 0 radical (unpaired) electrons. The highest BCUT2D eigenvalue weighted by molar-refractivity contribution is 5.53. The number of aliphatic hydroxyl groups is 1. The fourth-order valence-electron chi connectivity index (χ4n) is 1.25. The van der Waals surface area contributed by atoms with Crippen molar-refractivity contribution in [1.29, 1.82) is 0 Å². The van der Waals surface area contributed by atoms with Crippen molar-refractivity contribution in [2.45, 2.75) is 13.0 Å². The smallest absolute Gasteiger partial charge is 0.0781 e. The Bertz CT molecular complexity index is 229. The van der Waals surface area contributed by atoms with Crippen LogP contribution in [0.3, 0.4) is 0 Å². The summed E-state index contributed by atoms with van der Waals surface area (Å²) in [7, 11) is 3.95. The summed E-state index contributed by atoms with van der Waals surface area (Å²) in [6.07, 6.45) is -0.399. The molecule has 1 N–H and O–H groups in total. The van der Waals surface area contributed by atoms with Gasteiger partial charge < -0.3 is 10.0 Å². The van der Waals surface area contributed by atoms with Crippen molar-refractivity contribution in [3.8, 4) is 0 Å². The maximum atomic E-state index is 9.43. The maximum absolute atomic E-state index is 9.43. The number of hydrogen-bond donors (Lipinski definition) is 1. The minimum atomic E-state index is -0.399. The second-order valence-electron chi connectivity index (χ2n) is 3.13. The van der Waals surface area contributed by atoms with Crippen LogP contribution in [0.2, 0.25) is 0 Å². The highest BCUT2D eigenvalue weighted by atomic mass is 16.3. The number of rotatable bonds is 2. The molecular formula is C10H15NO. The molecule has 1 atom stereocenters. The molecule has 66 valence electrons. The molecule has 0 saturated heterocycles. The highest BCUT2D eigenvalue weighted by Crippen LogP contribution is 2.23. The lowest BCUT2D eigenvalue weighted by Gasteiger charge is -2.18. The lowest BCUT2D eigenvalue weighted by atomic mass is 10.1. The Kier molecular flexibility index (Phi) is 2.71. The van der Waals surface area contributed by atoms with E-state index < -0.39 is 6.10 Å². The molecule has 0 fully saturated rings. The van der Waals surface area contributed by atoms with Crippen LogP contribution in [0.15, 0.2) is 24.3 Å². The van der Waals surface area contributed by atoms with E-state index >= 15 is 0 Å². The van der Waals surface area contributed by atoms with E-state index in [1.165, 1.54) is 0 Å². The Morgan fingerprint density at radius 3 is 2.25 bits per heavy atom. The van der Waals surface area contributed by atoms with Gasteiger partial charge in [0.25, 0.3) is 0 Å². The number of benzene rings is 1. The number of hydrogen-bond acceptors (Lipinski definition) is 2. The summed E-state index contributed by atoms with van der Waals surface area (Å²) in [5.41, 5.74) is 2.05. The van der Waals surface area contributed by atoms with Gasteiger partial charge in [-0.1, -0.05) is 18.2 Å². The van der Waals surface area contributed by atoms with E-state index in [4.69, 9.17) is 0 Å². The van der Waals surface area contributed by atoms with Crippen LogP contribution < -0.4 is 4.90 Å². The van der Waals surface area contributed by atoms with Crippen molar-refractivity contribution in [1.82, 2.24) is 0 Å². The summed E-state index contributed by atoms with van der Waals surface area (Å²) in [6.45, 7) is 1.78. The molecule has 0 unspecified atom stereocenters. The van der Waals surface area contributed by atoms with Crippen LogP contribution in [-0.2, 0) is 0 Å². The molecule has 0 bridgehead atoms. The first-order valence-corrected chi connectivity index (χ1v) is 4.07. The molecule has 0 aliphatic rings. The average molecular weight is 165 g/mol. The Labute approximate surface area is 73.4 Å². The van der Waals surface area contributed by atoms with Crippen LogP contribution in [0.1, 0.15) is 18.6 Å². The Morgan fingerprint density at radius 2 is 1.83 bits per heavy atom. The van der Waals surface area contributed by atoms with Gasteiger partial charge in [-0.25, -0.2) is 0 Å². The molecule has 0 aromatic heterocycles. The maximum Gasteiger partial charge on any atom is 0.0781 e. The van der Waals surface area contributed by atoms with Crippen LogP contribution in [0.25, 0.3) is 0 Å². The molecule has 2 heteroatoms. The topological polar surface area (TPSA) is 23.5 Å². The first-order valence-electron chi connectivity index (χ1n) is 4.07. The molecule has 0 saturated carbocycles. The third-order valence-electron chi connectivity index (χ3n) is 1.87. The van der Waals surface area contributed by atoms with Gasteiger partial charge in [0.2, 0.25) is 0 Å². The molecule has 1 aromatic carbocycles. The van der Waals surface area contributed by atoms with E-state index in [1.807, 2.05) is 43.3 Å². The van der Waals surface area contributed by atoms with E-state index in [0.717, 1.165) is 11.3 Å². The first kappa shape index (κ1) is 9.07. The molecule has 0 heterocycles. The number of anilines is 1. The molecule has 1 aromatic rings. The molecule has 0 amide bonds. The van der Waals surface area contributed by atoms with E-state index in [0.29, 0.717) is 0 Å². The average Bonchev–Trinajstić information content (AvgIpc) is 2.04. The third kappa shape index (κ3) is 1.77. The lowest BCUT2D eigenvalue weighted by Crippen LogP contribution is -2.12. The van der Waals surface area contributed by atoms with Gasteiger partial charge in [-0.15, -0.1) is 0 Å². The Hall–Kier alpha value is -1.02. The van der Waals surface area contributed by atoms with Gasteiger partial charge in [0.15, 0.2) is 0 Å². The zero-order valence-corrected chi connectivity index (χ0v) is 7.78. The molecule has 12 heavy (non-hydrogen) atoms. The van der Waals surface area contributed by atoms with Crippen molar-refractivity contribution >= 4 is 5.69 Å². The summed E-state index contributed by atoms with van der Waals surface area (Å²) in [4.78, 5) is 2.00. The minimum Gasteiger partial charge on any atom is -0.389 e. The Morgan fingerprint density at radius 1 is 1.25 bits per heavy atom. The van der Waals surface area contributed by atoms with Crippen molar-refractivity contribution in [3.05, 3.63) is 29.8 Å².